The molecule has 0 heterocycles. The van der Waals surface area contributed by atoms with Crippen LogP contribution in [-0.2, 0) is 14.8 Å². The number of carbonyl (C=O) groups excluding carboxylic acids is 1. The van der Waals surface area contributed by atoms with Crippen LogP contribution in [0.5, 0.6) is 5.75 Å². The van der Waals surface area contributed by atoms with Crippen molar-refractivity contribution in [1.82, 2.24) is 10.0 Å². The van der Waals surface area contributed by atoms with Crippen LogP contribution in [0.3, 0.4) is 0 Å². The molecular weight excluding hydrogens is 300 g/mol. The number of thioether (sulfide) groups is 1. The summed E-state index contributed by atoms with van der Waals surface area (Å²) in [5.41, 5.74) is 0. The Labute approximate surface area is 123 Å². The van der Waals surface area contributed by atoms with Crippen molar-refractivity contribution in [2.24, 2.45) is 0 Å². The molecule has 0 aromatic heterocycles. The highest BCUT2D eigenvalue weighted by atomic mass is 32.2. The zero-order valence-corrected chi connectivity index (χ0v) is 13.0. The predicted molar refractivity (Wildman–Crippen MR) is 79.6 cm³/mol. The summed E-state index contributed by atoms with van der Waals surface area (Å²) in [6, 6.07) is 7.39. The molecule has 0 unspecified atom stereocenters. The van der Waals surface area contributed by atoms with Gasteiger partial charge in [0.05, 0.1) is 18.6 Å². The number of benzene rings is 1. The van der Waals surface area contributed by atoms with E-state index in [0.29, 0.717) is 0 Å². The second kappa shape index (κ2) is 8.13. The van der Waals surface area contributed by atoms with E-state index < -0.39 is 10.0 Å². The van der Waals surface area contributed by atoms with Gasteiger partial charge in [-0.2, -0.15) is 0 Å². The molecule has 1 aromatic carbocycles. The number of hydrogen-bond donors (Lipinski definition) is 2. The summed E-state index contributed by atoms with van der Waals surface area (Å²) in [6.45, 7) is 0.0979. The van der Waals surface area contributed by atoms with Gasteiger partial charge in [0.1, 0.15) is 5.75 Å². The van der Waals surface area contributed by atoms with E-state index in [4.69, 9.17) is 4.74 Å². The number of amides is 1. The van der Waals surface area contributed by atoms with E-state index in [1.807, 2.05) is 24.3 Å². The van der Waals surface area contributed by atoms with Gasteiger partial charge in [-0.05, 0) is 25.2 Å². The lowest BCUT2D eigenvalue weighted by molar-refractivity contribution is -0.118. The Morgan fingerprint density at radius 2 is 2.15 bits per heavy atom. The topological polar surface area (TPSA) is 84.5 Å². The van der Waals surface area contributed by atoms with E-state index in [2.05, 4.69) is 10.0 Å². The quantitative estimate of drug-likeness (QED) is 0.680. The number of hydrogen-bond acceptors (Lipinski definition) is 5. The van der Waals surface area contributed by atoms with Crippen molar-refractivity contribution in [1.29, 1.82) is 0 Å². The van der Waals surface area contributed by atoms with Crippen LogP contribution < -0.4 is 14.8 Å². The number of ether oxygens (including phenoxy) is 1. The second-order valence-electron chi connectivity index (χ2n) is 3.84. The first-order valence-corrected chi connectivity index (χ1v) is 8.55. The van der Waals surface area contributed by atoms with Crippen molar-refractivity contribution in [2.45, 2.75) is 4.90 Å². The van der Waals surface area contributed by atoms with Crippen LogP contribution in [0.15, 0.2) is 29.2 Å². The monoisotopic (exact) mass is 318 g/mol. The summed E-state index contributed by atoms with van der Waals surface area (Å²) in [4.78, 5) is 12.5. The maximum absolute atomic E-state index is 11.6. The van der Waals surface area contributed by atoms with Crippen molar-refractivity contribution in [2.75, 3.05) is 32.2 Å². The molecule has 112 valence electrons. The maximum Gasteiger partial charge on any atom is 0.230 e. The van der Waals surface area contributed by atoms with Crippen molar-refractivity contribution in [3.8, 4) is 5.75 Å². The number of nitrogens with one attached hydrogen (secondary N) is 2. The molecule has 0 radical (unpaired) electrons. The van der Waals surface area contributed by atoms with Gasteiger partial charge in [0.15, 0.2) is 0 Å². The molecule has 0 bridgehead atoms. The number of methoxy groups -OCH3 is 1. The molecule has 20 heavy (non-hydrogen) atoms. The molecule has 0 atom stereocenters. The predicted octanol–water partition coefficient (Wildman–Crippen LogP) is 0.453. The molecule has 0 spiro atoms. The van der Waals surface area contributed by atoms with Crippen LogP contribution in [0, 0.1) is 0 Å². The van der Waals surface area contributed by atoms with E-state index in [9.17, 15) is 13.2 Å². The SMILES string of the molecule is CNS(=O)(=O)CCNC(=O)CSc1cccc(OC)c1. The Morgan fingerprint density at radius 1 is 1.40 bits per heavy atom. The lowest BCUT2D eigenvalue weighted by atomic mass is 10.3. The van der Waals surface area contributed by atoms with Gasteiger partial charge in [-0.25, -0.2) is 13.1 Å². The molecule has 6 nitrogen and oxygen atoms in total. The normalized spacial score (nSPS) is 11.1. The fraction of sp³-hybridized carbons (Fsp3) is 0.417. The first kappa shape index (κ1) is 16.8. The largest absolute Gasteiger partial charge is 0.497 e. The third-order valence-electron chi connectivity index (χ3n) is 2.42. The summed E-state index contributed by atoms with van der Waals surface area (Å²) in [6.07, 6.45) is 0. The molecule has 0 fully saturated rings. The van der Waals surface area contributed by atoms with Crippen LogP contribution in [-0.4, -0.2) is 46.5 Å². The van der Waals surface area contributed by atoms with Crippen molar-refractivity contribution in [3.63, 3.8) is 0 Å². The van der Waals surface area contributed by atoms with E-state index in [0.717, 1.165) is 10.6 Å². The summed E-state index contributed by atoms with van der Waals surface area (Å²) < 4.78 is 29.6. The number of sulfonamides is 1. The molecule has 0 saturated heterocycles. The van der Waals surface area contributed by atoms with Crippen LogP contribution >= 0.6 is 11.8 Å². The fourth-order valence-corrected chi connectivity index (χ4v) is 2.67. The van der Waals surface area contributed by atoms with Gasteiger partial charge in [0, 0.05) is 11.4 Å². The van der Waals surface area contributed by atoms with Gasteiger partial charge < -0.3 is 10.1 Å². The Hall–Kier alpha value is -1.25. The van der Waals surface area contributed by atoms with Gasteiger partial charge in [-0.15, -0.1) is 11.8 Å². The van der Waals surface area contributed by atoms with Crippen LogP contribution in [0.2, 0.25) is 0 Å². The van der Waals surface area contributed by atoms with Gasteiger partial charge >= 0.3 is 0 Å². The lowest BCUT2D eigenvalue weighted by Gasteiger charge is -2.06. The molecule has 0 aliphatic heterocycles. The van der Waals surface area contributed by atoms with E-state index in [1.54, 1.807) is 7.11 Å². The fourth-order valence-electron chi connectivity index (χ4n) is 1.32. The summed E-state index contributed by atoms with van der Waals surface area (Å²) in [5.74, 6) is 0.630. The molecule has 0 saturated carbocycles. The summed E-state index contributed by atoms with van der Waals surface area (Å²) in [5, 5.41) is 2.56. The van der Waals surface area contributed by atoms with Gasteiger partial charge in [-0.3, -0.25) is 4.79 Å². The molecule has 1 rings (SSSR count). The van der Waals surface area contributed by atoms with Crippen molar-refractivity contribution in [3.05, 3.63) is 24.3 Å². The molecule has 1 amide bonds. The zero-order chi connectivity index (χ0) is 15.0. The minimum absolute atomic E-state index is 0.0979. The van der Waals surface area contributed by atoms with Crippen molar-refractivity contribution >= 4 is 27.7 Å². The lowest BCUT2D eigenvalue weighted by Crippen LogP contribution is -2.33. The Bertz CT molecular complexity index is 546. The molecular formula is C12H18N2O4S2. The van der Waals surface area contributed by atoms with Gasteiger partial charge in [0.2, 0.25) is 15.9 Å². The standard InChI is InChI=1S/C12H18N2O4S2/c1-13-20(16,17)7-6-14-12(15)9-19-11-5-3-4-10(8-11)18-2/h3-5,8,13H,6-7,9H2,1-2H3,(H,14,15). The Kier molecular flexibility index (Phi) is 6.83. The van der Waals surface area contributed by atoms with Crippen LogP contribution in [0.25, 0.3) is 0 Å². The minimum atomic E-state index is -3.28. The number of carbonyl (C=O) groups is 1. The summed E-state index contributed by atoms with van der Waals surface area (Å²) in [7, 11) is -0.354. The highest BCUT2D eigenvalue weighted by Gasteiger charge is 2.08. The molecule has 2 N–H and O–H groups in total. The smallest absolute Gasteiger partial charge is 0.230 e. The Balaban J connectivity index is 2.33. The summed E-state index contributed by atoms with van der Waals surface area (Å²) >= 11 is 1.36. The van der Waals surface area contributed by atoms with Crippen LogP contribution in [0.4, 0.5) is 0 Å². The van der Waals surface area contributed by atoms with Gasteiger partial charge in [0.25, 0.3) is 0 Å². The zero-order valence-electron chi connectivity index (χ0n) is 11.4. The highest BCUT2D eigenvalue weighted by Crippen LogP contribution is 2.22. The first-order valence-electron chi connectivity index (χ1n) is 5.91. The first-order chi connectivity index (χ1) is 9.46. The molecule has 0 aliphatic rings. The number of rotatable bonds is 8. The Morgan fingerprint density at radius 3 is 2.80 bits per heavy atom. The highest BCUT2D eigenvalue weighted by molar-refractivity contribution is 8.00. The van der Waals surface area contributed by atoms with E-state index in [-0.39, 0.29) is 24.0 Å². The molecule has 1 aromatic rings. The van der Waals surface area contributed by atoms with Gasteiger partial charge in [-0.1, -0.05) is 6.07 Å². The van der Waals surface area contributed by atoms with E-state index >= 15 is 0 Å². The van der Waals surface area contributed by atoms with Crippen molar-refractivity contribution < 1.29 is 17.9 Å². The molecule has 0 aliphatic carbocycles. The second-order valence-corrected chi connectivity index (χ2v) is 6.94. The maximum atomic E-state index is 11.6. The minimum Gasteiger partial charge on any atom is -0.497 e. The average Bonchev–Trinajstić information content (AvgIpc) is 2.45. The average molecular weight is 318 g/mol. The third-order valence-corrected chi connectivity index (χ3v) is 4.77. The third kappa shape index (κ3) is 6.27. The van der Waals surface area contributed by atoms with E-state index in [1.165, 1.54) is 18.8 Å². The molecule has 8 heteroatoms. The van der Waals surface area contributed by atoms with Crippen LogP contribution in [0.1, 0.15) is 0 Å².